The van der Waals surface area contributed by atoms with Gasteiger partial charge in [-0.15, -0.1) is 0 Å². The monoisotopic (exact) mass is 490 g/mol. The van der Waals surface area contributed by atoms with E-state index in [0.717, 1.165) is 42.4 Å². The van der Waals surface area contributed by atoms with Crippen LogP contribution in [0.25, 0.3) is 11.5 Å². The molecular formula is C22H23BrN2O4S. The van der Waals surface area contributed by atoms with Crippen molar-refractivity contribution in [2.75, 3.05) is 24.6 Å². The van der Waals surface area contributed by atoms with Gasteiger partial charge in [-0.2, -0.15) is 4.98 Å². The molecule has 1 aromatic heterocycles. The average Bonchev–Trinajstić information content (AvgIpc) is 3.22. The molecule has 0 unspecified atom stereocenters. The van der Waals surface area contributed by atoms with Crippen LogP contribution in [0.15, 0.2) is 67.3 Å². The molecule has 0 bridgehead atoms. The van der Waals surface area contributed by atoms with Crippen LogP contribution in [0.1, 0.15) is 26.2 Å². The Morgan fingerprint density at radius 2 is 1.83 bits per heavy atom. The van der Waals surface area contributed by atoms with Crippen LogP contribution in [0, 0.1) is 0 Å². The Kier molecular flexibility index (Phi) is 6.15. The van der Waals surface area contributed by atoms with E-state index in [1.807, 2.05) is 36.1 Å². The van der Waals surface area contributed by atoms with Crippen molar-refractivity contribution < 1.29 is 17.6 Å². The molecule has 2 heterocycles. The van der Waals surface area contributed by atoms with Crippen molar-refractivity contribution in [2.24, 2.45) is 0 Å². The van der Waals surface area contributed by atoms with E-state index < -0.39 is 9.84 Å². The highest BCUT2D eigenvalue weighted by atomic mass is 79.9. The summed E-state index contributed by atoms with van der Waals surface area (Å²) in [5.74, 6) is 1.24. The summed E-state index contributed by atoms with van der Waals surface area (Å²) in [5, 5.41) is -0.0384. The number of halogens is 1. The molecule has 1 fully saturated rings. The third kappa shape index (κ3) is 4.25. The SMILES string of the molecule is CCOc1ccc(S(=O)(=O)c2nc(-c3cccc(Br)c3)oc2N2CCCCC2)cc1. The van der Waals surface area contributed by atoms with E-state index in [0.29, 0.717) is 24.1 Å². The number of anilines is 1. The van der Waals surface area contributed by atoms with Gasteiger partial charge >= 0.3 is 0 Å². The van der Waals surface area contributed by atoms with Gasteiger partial charge in [0, 0.05) is 23.1 Å². The van der Waals surface area contributed by atoms with Gasteiger partial charge in [0.2, 0.25) is 26.6 Å². The van der Waals surface area contributed by atoms with Gasteiger partial charge in [-0.1, -0.05) is 22.0 Å². The first-order chi connectivity index (χ1) is 14.5. The lowest BCUT2D eigenvalue weighted by Crippen LogP contribution is -2.30. The van der Waals surface area contributed by atoms with E-state index >= 15 is 0 Å². The number of aromatic nitrogens is 1. The van der Waals surface area contributed by atoms with Gasteiger partial charge in [0.05, 0.1) is 11.5 Å². The molecule has 8 heteroatoms. The lowest BCUT2D eigenvalue weighted by molar-refractivity contribution is 0.340. The van der Waals surface area contributed by atoms with E-state index in [9.17, 15) is 8.42 Å². The van der Waals surface area contributed by atoms with E-state index in [4.69, 9.17) is 9.15 Å². The molecule has 1 aliphatic heterocycles. The van der Waals surface area contributed by atoms with Crippen LogP contribution in [0.4, 0.5) is 5.88 Å². The zero-order valence-electron chi connectivity index (χ0n) is 16.7. The second-order valence-electron chi connectivity index (χ2n) is 7.10. The second-order valence-corrected chi connectivity index (χ2v) is 9.88. The van der Waals surface area contributed by atoms with Crippen LogP contribution in [0.5, 0.6) is 5.75 Å². The molecule has 0 atom stereocenters. The maximum absolute atomic E-state index is 13.5. The lowest BCUT2D eigenvalue weighted by atomic mass is 10.1. The molecule has 0 N–H and O–H groups in total. The summed E-state index contributed by atoms with van der Waals surface area (Å²) >= 11 is 3.45. The largest absolute Gasteiger partial charge is 0.494 e. The molecule has 158 valence electrons. The summed E-state index contributed by atoms with van der Waals surface area (Å²) in [6, 6.07) is 13.9. The zero-order chi connectivity index (χ0) is 21.1. The van der Waals surface area contributed by atoms with Gasteiger partial charge in [0.25, 0.3) is 0 Å². The lowest BCUT2D eigenvalue weighted by Gasteiger charge is -2.26. The summed E-state index contributed by atoms with van der Waals surface area (Å²) in [4.78, 5) is 6.61. The van der Waals surface area contributed by atoms with Crippen molar-refractivity contribution in [3.63, 3.8) is 0 Å². The van der Waals surface area contributed by atoms with Crippen LogP contribution < -0.4 is 9.64 Å². The highest BCUT2D eigenvalue weighted by Gasteiger charge is 2.32. The van der Waals surface area contributed by atoms with Crippen LogP contribution in [0.3, 0.4) is 0 Å². The van der Waals surface area contributed by atoms with E-state index in [1.165, 1.54) is 0 Å². The molecule has 0 radical (unpaired) electrons. The molecule has 30 heavy (non-hydrogen) atoms. The number of hydrogen-bond donors (Lipinski definition) is 0. The van der Waals surface area contributed by atoms with Crippen molar-refractivity contribution in [3.8, 4) is 17.2 Å². The predicted octanol–water partition coefficient (Wildman–Crippen LogP) is 5.33. The van der Waals surface area contributed by atoms with E-state index in [2.05, 4.69) is 20.9 Å². The molecule has 3 aromatic rings. The van der Waals surface area contributed by atoms with Gasteiger partial charge in [-0.05, 0) is 68.7 Å². The third-order valence-corrected chi connectivity index (χ3v) is 7.15. The summed E-state index contributed by atoms with van der Waals surface area (Å²) in [7, 11) is -3.86. The first kappa shape index (κ1) is 20.9. The molecule has 0 amide bonds. The third-order valence-electron chi connectivity index (χ3n) is 4.99. The highest BCUT2D eigenvalue weighted by molar-refractivity contribution is 9.10. The molecule has 0 saturated carbocycles. The molecule has 4 rings (SSSR count). The van der Waals surface area contributed by atoms with E-state index in [-0.39, 0.29) is 9.92 Å². The molecule has 0 aliphatic carbocycles. The fourth-order valence-corrected chi connectivity index (χ4v) is 5.23. The van der Waals surface area contributed by atoms with Crippen molar-refractivity contribution in [1.82, 2.24) is 4.98 Å². The van der Waals surface area contributed by atoms with Crippen LogP contribution in [-0.2, 0) is 9.84 Å². The summed E-state index contributed by atoms with van der Waals surface area (Å²) in [6.45, 7) is 3.90. The minimum Gasteiger partial charge on any atom is -0.494 e. The second kappa shape index (κ2) is 8.81. The molecule has 1 saturated heterocycles. The number of piperidine rings is 1. The Balaban J connectivity index is 1.80. The van der Waals surface area contributed by atoms with Crippen LogP contribution in [-0.4, -0.2) is 33.1 Å². The highest BCUT2D eigenvalue weighted by Crippen LogP contribution is 2.36. The van der Waals surface area contributed by atoms with Gasteiger partial charge < -0.3 is 14.1 Å². The Hall–Kier alpha value is -2.32. The Labute approximate surface area is 184 Å². The summed E-state index contributed by atoms with van der Waals surface area (Å²) in [6.07, 6.45) is 3.12. The molecule has 2 aromatic carbocycles. The first-order valence-electron chi connectivity index (χ1n) is 9.98. The normalized spacial score (nSPS) is 14.7. The Morgan fingerprint density at radius 3 is 2.50 bits per heavy atom. The molecule has 6 nitrogen and oxygen atoms in total. The molecule has 1 aliphatic rings. The van der Waals surface area contributed by atoms with Crippen molar-refractivity contribution in [1.29, 1.82) is 0 Å². The number of oxazole rings is 1. The Bertz CT molecular complexity index is 1120. The van der Waals surface area contributed by atoms with Crippen LogP contribution in [0.2, 0.25) is 0 Å². The average molecular weight is 491 g/mol. The zero-order valence-corrected chi connectivity index (χ0v) is 19.1. The number of sulfone groups is 1. The quantitative estimate of drug-likeness (QED) is 0.465. The number of benzene rings is 2. The maximum atomic E-state index is 13.5. The summed E-state index contributed by atoms with van der Waals surface area (Å²) < 4.78 is 39.3. The van der Waals surface area contributed by atoms with Crippen LogP contribution >= 0.6 is 15.9 Å². The van der Waals surface area contributed by atoms with Gasteiger partial charge in [-0.3, -0.25) is 0 Å². The molecular weight excluding hydrogens is 468 g/mol. The van der Waals surface area contributed by atoms with Crippen molar-refractivity contribution >= 4 is 31.7 Å². The minimum absolute atomic E-state index is 0.0384. The van der Waals surface area contributed by atoms with Crippen molar-refractivity contribution in [3.05, 3.63) is 53.0 Å². The van der Waals surface area contributed by atoms with Gasteiger partial charge in [-0.25, -0.2) is 8.42 Å². The number of nitrogens with zero attached hydrogens (tertiary/aromatic N) is 2. The van der Waals surface area contributed by atoms with Gasteiger partial charge in [0.15, 0.2) is 0 Å². The number of hydrogen-bond acceptors (Lipinski definition) is 6. The predicted molar refractivity (Wildman–Crippen MR) is 119 cm³/mol. The maximum Gasteiger partial charge on any atom is 0.236 e. The standard InChI is InChI=1S/C22H23BrN2O4S/c1-2-28-18-9-11-19(12-10-18)30(26,27)21-22(25-13-4-3-5-14-25)29-20(24-21)16-7-6-8-17(23)15-16/h6-12,15H,2-5,13-14H2,1H3. The Morgan fingerprint density at radius 1 is 1.10 bits per heavy atom. The minimum atomic E-state index is -3.86. The first-order valence-corrected chi connectivity index (χ1v) is 12.3. The summed E-state index contributed by atoms with van der Waals surface area (Å²) in [5.41, 5.74) is 0.718. The number of ether oxygens (including phenoxy) is 1. The van der Waals surface area contributed by atoms with E-state index in [1.54, 1.807) is 24.3 Å². The smallest absolute Gasteiger partial charge is 0.236 e. The topological polar surface area (TPSA) is 72.6 Å². The van der Waals surface area contributed by atoms with Crippen molar-refractivity contribution in [2.45, 2.75) is 36.1 Å². The number of rotatable bonds is 6. The fourth-order valence-electron chi connectivity index (χ4n) is 3.51. The fraction of sp³-hybridized carbons (Fsp3) is 0.318. The van der Waals surface area contributed by atoms with Gasteiger partial charge in [0.1, 0.15) is 5.75 Å². The molecule has 0 spiro atoms.